The van der Waals surface area contributed by atoms with Gasteiger partial charge >= 0.3 is 11.9 Å². The molecule has 0 N–H and O–H groups in total. The second-order valence-electron chi connectivity index (χ2n) is 3.71. The van der Waals surface area contributed by atoms with E-state index in [0.29, 0.717) is 18.8 Å². The Balaban J connectivity index is 3.42. The van der Waals surface area contributed by atoms with Gasteiger partial charge in [0, 0.05) is 12.8 Å². The van der Waals surface area contributed by atoms with Gasteiger partial charge in [-0.1, -0.05) is 19.8 Å². The Hall–Kier alpha value is -1.06. The molecule has 88 valence electrons. The Labute approximate surface area is 90.9 Å². The minimum absolute atomic E-state index is 0.171. The third-order valence-corrected chi connectivity index (χ3v) is 2.30. The molecular weight excluding hydrogens is 196 g/mol. The zero-order valence-electron chi connectivity index (χ0n) is 9.75. The first kappa shape index (κ1) is 13.9. The lowest BCUT2D eigenvalue weighted by atomic mass is 10.00. The third-order valence-electron chi connectivity index (χ3n) is 2.30. The maximum Gasteiger partial charge on any atom is 0.305 e. The molecule has 0 aliphatic heterocycles. The van der Waals surface area contributed by atoms with E-state index in [1.165, 1.54) is 14.2 Å². The highest BCUT2D eigenvalue weighted by Crippen LogP contribution is 2.13. The zero-order valence-corrected chi connectivity index (χ0v) is 9.75. The van der Waals surface area contributed by atoms with E-state index in [0.717, 1.165) is 19.3 Å². The minimum atomic E-state index is -0.171. The maximum absolute atomic E-state index is 10.9. The molecule has 0 amide bonds. The van der Waals surface area contributed by atoms with Gasteiger partial charge in [0.05, 0.1) is 14.2 Å². The van der Waals surface area contributed by atoms with Crippen LogP contribution in [0.15, 0.2) is 0 Å². The Kier molecular flexibility index (Phi) is 7.68. The van der Waals surface area contributed by atoms with Crippen molar-refractivity contribution in [2.45, 2.75) is 39.0 Å². The molecule has 0 saturated heterocycles. The summed E-state index contributed by atoms with van der Waals surface area (Å²) in [5, 5.41) is 0. The lowest BCUT2D eigenvalue weighted by molar-refractivity contribution is -0.142. The monoisotopic (exact) mass is 216 g/mol. The largest absolute Gasteiger partial charge is 0.469 e. The highest BCUT2D eigenvalue weighted by molar-refractivity contribution is 5.69. The Morgan fingerprint density at radius 2 is 1.67 bits per heavy atom. The number of unbranched alkanes of at least 4 members (excludes halogenated alkanes) is 1. The molecule has 0 heterocycles. The molecule has 0 aliphatic carbocycles. The molecule has 0 spiro atoms. The summed E-state index contributed by atoms with van der Waals surface area (Å²) in [5.74, 6) is -0.0267. The smallest absolute Gasteiger partial charge is 0.305 e. The fourth-order valence-electron chi connectivity index (χ4n) is 1.33. The third kappa shape index (κ3) is 7.97. The van der Waals surface area contributed by atoms with Gasteiger partial charge in [-0.05, 0) is 12.3 Å². The molecule has 0 aromatic rings. The second-order valence-corrected chi connectivity index (χ2v) is 3.71. The molecule has 0 fully saturated rings. The molecule has 0 rings (SSSR count). The molecular formula is C11H20O4. The Morgan fingerprint density at radius 1 is 1.07 bits per heavy atom. The van der Waals surface area contributed by atoms with Crippen molar-refractivity contribution >= 4 is 11.9 Å². The molecule has 1 unspecified atom stereocenters. The van der Waals surface area contributed by atoms with Crippen LogP contribution in [0.5, 0.6) is 0 Å². The first-order valence-corrected chi connectivity index (χ1v) is 5.23. The number of ether oxygens (including phenoxy) is 2. The van der Waals surface area contributed by atoms with Crippen LogP contribution in [-0.4, -0.2) is 26.2 Å². The standard InChI is InChI=1S/C11H20O4/c1-9(8-11(13)15-3)6-4-5-7-10(12)14-2/h9H,4-8H2,1-3H3. The molecule has 1 atom stereocenters. The summed E-state index contributed by atoms with van der Waals surface area (Å²) in [6.45, 7) is 2.01. The summed E-state index contributed by atoms with van der Waals surface area (Å²) < 4.78 is 9.10. The average molecular weight is 216 g/mol. The highest BCUT2D eigenvalue weighted by atomic mass is 16.5. The van der Waals surface area contributed by atoms with Gasteiger partial charge < -0.3 is 9.47 Å². The summed E-state index contributed by atoms with van der Waals surface area (Å²) in [6, 6.07) is 0. The van der Waals surface area contributed by atoms with Gasteiger partial charge in [-0.2, -0.15) is 0 Å². The number of carbonyl (C=O) groups excluding carboxylic acids is 2. The fraction of sp³-hybridized carbons (Fsp3) is 0.818. The summed E-state index contributed by atoms with van der Waals surface area (Å²) >= 11 is 0. The van der Waals surface area contributed by atoms with Crippen molar-refractivity contribution < 1.29 is 19.1 Å². The van der Waals surface area contributed by atoms with Crippen molar-refractivity contribution in [2.75, 3.05) is 14.2 Å². The molecule has 0 radical (unpaired) electrons. The van der Waals surface area contributed by atoms with Crippen LogP contribution in [0.4, 0.5) is 0 Å². The van der Waals surface area contributed by atoms with Gasteiger partial charge in [0.15, 0.2) is 0 Å². The lowest BCUT2D eigenvalue weighted by Gasteiger charge is -2.08. The van der Waals surface area contributed by atoms with E-state index in [9.17, 15) is 9.59 Å². The number of methoxy groups -OCH3 is 2. The van der Waals surface area contributed by atoms with E-state index in [-0.39, 0.29) is 11.9 Å². The molecule has 15 heavy (non-hydrogen) atoms. The van der Waals surface area contributed by atoms with Gasteiger partial charge in [0.25, 0.3) is 0 Å². The van der Waals surface area contributed by atoms with Crippen molar-refractivity contribution in [3.05, 3.63) is 0 Å². The Morgan fingerprint density at radius 3 is 2.20 bits per heavy atom. The van der Waals surface area contributed by atoms with Gasteiger partial charge in [-0.15, -0.1) is 0 Å². The summed E-state index contributed by atoms with van der Waals surface area (Å²) in [6.07, 6.45) is 3.60. The minimum Gasteiger partial charge on any atom is -0.469 e. The zero-order chi connectivity index (χ0) is 11.7. The fourth-order valence-corrected chi connectivity index (χ4v) is 1.33. The first-order chi connectivity index (χ1) is 7.10. The molecule has 0 bridgehead atoms. The van der Waals surface area contributed by atoms with Crippen molar-refractivity contribution in [1.82, 2.24) is 0 Å². The first-order valence-electron chi connectivity index (χ1n) is 5.23. The molecule has 0 aromatic heterocycles. The van der Waals surface area contributed by atoms with Crippen molar-refractivity contribution in [3.63, 3.8) is 0 Å². The van der Waals surface area contributed by atoms with Crippen LogP contribution in [0.3, 0.4) is 0 Å². The number of hydrogen-bond acceptors (Lipinski definition) is 4. The number of rotatable bonds is 7. The highest BCUT2D eigenvalue weighted by Gasteiger charge is 2.09. The maximum atomic E-state index is 10.9. The second kappa shape index (κ2) is 8.26. The van der Waals surface area contributed by atoms with Crippen LogP contribution in [0.2, 0.25) is 0 Å². The van der Waals surface area contributed by atoms with Crippen LogP contribution < -0.4 is 0 Å². The topological polar surface area (TPSA) is 52.6 Å². The van der Waals surface area contributed by atoms with E-state index in [4.69, 9.17) is 0 Å². The summed E-state index contributed by atoms with van der Waals surface area (Å²) in [4.78, 5) is 21.7. The van der Waals surface area contributed by atoms with Crippen LogP contribution in [0, 0.1) is 5.92 Å². The molecule has 4 nitrogen and oxygen atoms in total. The van der Waals surface area contributed by atoms with Gasteiger partial charge in [-0.25, -0.2) is 0 Å². The van der Waals surface area contributed by atoms with Gasteiger partial charge in [0.2, 0.25) is 0 Å². The van der Waals surface area contributed by atoms with E-state index >= 15 is 0 Å². The number of carbonyl (C=O) groups is 2. The van der Waals surface area contributed by atoms with Gasteiger partial charge in [-0.3, -0.25) is 9.59 Å². The Bertz CT molecular complexity index is 201. The summed E-state index contributed by atoms with van der Waals surface area (Å²) in [7, 11) is 2.79. The normalized spacial score (nSPS) is 11.9. The molecule has 0 saturated carbocycles. The van der Waals surface area contributed by atoms with Crippen LogP contribution in [0.25, 0.3) is 0 Å². The van der Waals surface area contributed by atoms with E-state index in [1.807, 2.05) is 6.92 Å². The van der Waals surface area contributed by atoms with Gasteiger partial charge in [0.1, 0.15) is 0 Å². The van der Waals surface area contributed by atoms with Crippen LogP contribution >= 0.6 is 0 Å². The SMILES string of the molecule is COC(=O)CCCCC(C)CC(=O)OC. The van der Waals surface area contributed by atoms with E-state index < -0.39 is 0 Å². The van der Waals surface area contributed by atoms with Crippen molar-refractivity contribution in [1.29, 1.82) is 0 Å². The van der Waals surface area contributed by atoms with Crippen LogP contribution in [-0.2, 0) is 19.1 Å². The number of hydrogen-bond donors (Lipinski definition) is 0. The van der Waals surface area contributed by atoms with E-state index in [1.54, 1.807) is 0 Å². The van der Waals surface area contributed by atoms with Crippen molar-refractivity contribution in [2.24, 2.45) is 5.92 Å². The number of esters is 2. The van der Waals surface area contributed by atoms with Crippen LogP contribution in [0.1, 0.15) is 39.0 Å². The predicted molar refractivity (Wildman–Crippen MR) is 56.3 cm³/mol. The van der Waals surface area contributed by atoms with E-state index in [2.05, 4.69) is 9.47 Å². The van der Waals surface area contributed by atoms with Crippen molar-refractivity contribution in [3.8, 4) is 0 Å². The quantitative estimate of drug-likeness (QED) is 0.482. The predicted octanol–water partition coefficient (Wildman–Crippen LogP) is 1.92. The summed E-state index contributed by atoms with van der Waals surface area (Å²) in [5.41, 5.74) is 0. The molecule has 4 heteroatoms. The molecule has 0 aliphatic rings. The lowest BCUT2D eigenvalue weighted by Crippen LogP contribution is -2.07. The average Bonchev–Trinajstić information content (AvgIpc) is 2.23. The molecule has 0 aromatic carbocycles.